The summed E-state index contributed by atoms with van der Waals surface area (Å²) in [7, 11) is 2.17. The molecule has 1 aliphatic heterocycles. The van der Waals surface area contributed by atoms with Gasteiger partial charge in [0.15, 0.2) is 0 Å². The highest BCUT2D eigenvalue weighted by atomic mass is 16.6. The molecule has 5 heteroatoms. The Balaban J connectivity index is 2.11. The maximum absolute atomic E-state index is 12.4. The number of nitrogens with zero attached hydrogens (tertiary/aromatic N) is 2. The number of ether oxygens (including phenoxy) is 1. The number of amides is 1. The van der Waals surface area contributed by atoms with E-state index in [9.17, 15) is 4.79 Å². The lowest BCUT2D eigenvalue weighted by Gasteiger charge is -2.48. The largest absolute Gasteiger partial charge is 0.444 e. The van der Waals surface area contributed by atoms with Crippen molar-refractivity contribution in [1.82, 2.24) is 4.90 Å². The van der Waals surface area contributed by atoms with Gasteiger partial charge < -0.3 is 20.3 Å². The first-order valence-corrected chi connectivity index (χ1v) is 9.74. The topological polar surface area (TPSA) is 58.8 Å². The van der Waals surface area contributed by atoms with Crippen LogP contribution in [-0.2, 0) is 4.74 Å². The Morgan fingerprint density at radius 3 is 2.31 bits per heavy atom. The van der Waals surface area contributed by atoms with E-state index in [0.29, 0.717) is 0 Å². The number of carbonyl (C=O) groups is 1. The molecule has 1 fully saturated rings. The Hall–Kier alpha value is -1.91. The van der Waals surface area contributed by atoms with Crippen molar-refractivity contribution in [3.05, 3.63) is 24.3 Å². The van der Waals surface area contributed by atoms with Gasteiger partial charge >= 0.3 is 6.09 Å². The first-order chi connectivity index (χ1) is 12.2. The third kappa shape index (κ3) is 5.05. The van der Waals surface area contributed by atoms with Crippen LogP contribution >= 0.6 is 0 Å². The summed E-state index contributed by atoms with van der Waals surface area (Å²) in [5.41, 5.74) is 7.43. The van der Waals surface area contributed by atoms with Crippen LogP contribution in [0.15, 0.2) is 24.3 Å². The number of hydrogen-bond donors (Lipinski definition) is 1. The van der Waals surface area contributed by atoms with Crippen LogP contribution in [0.1, 0.15) is 59.8 Å². The number of nitrogens with two attached hydrogens (primary N) is 1. The van der Waals surface area contributed by atoms with Crippen molar-refractivity contribution in [3.63, 3.8) is 0 Å². The van der Waals surface area contributed by atoms with Gasteiger partial charge in [0.1, 0.15) is 5.60 Å². The fourth-order valence-corrected chi connectivity index (χ4v) is 3.66. The lowest BCUT2D eigenvalue weighted by atomic mass is 9.81. The highest BCUT2D eigenvalue weighted by Gasteiger charge is 2.39. The molecule has 1 heterocycles. The van der Waals surface area contributed by atoms with Crippen molar-refractivity contribution in [3.8, 4) is 0 Å². The van der Waals surface area contributed by atoms with Crippen LogP contribution in [0, 0.1) is 0 Å². The van der Waals surface area contributed by atoms with Crippen LogP contribution in [0.25, 0.3) is 0 Å². The van der Waals surface area contributed by atoms with Crippen molar-refractivity contribution in [2.45, 2.75) is 70.9 Å². The number of rotatable bonds is 5. The molecular formula is C21H35N3O2. The minimum atomic E-state index is -0.450. The van der Waals surface area contributed by atoms with E-state index in [-0.39, 0.29) is 11.6 Å². The second kappa shape index (κ2) is 8.19. The van der Waals surface area contributed by atoms with Crippen LogP contribution in [-0.4, -0.2) is 42.3 Å². The molecule has 0 saturated carbocycles. The second-order valence-corrected chi connectivity index (χ2v) is 8.45. The average molecular weight is 362 g/mol. The molecule has 1 saturated heterocycles. The summed E-state index contributed by atoms with van der Waals surface area (Å²) in [4.78, 5) is 16.6. The van der Waals surface area contributed by atoms with Gasteiger partial charge in [-0.1, -0.05) is 19.8 Å². The van der Waals surface area contributed by atoms with E-state index in [1.54, 1.807) is 0 Å². The van der Waals surface area contributed by atoms with Gasteiger partial charge in [-0.05, 0) is 64.3 Å². The van der Waals surface area contributed by atoms with E-state index >= 15 is 0 Å². The van der Waals surface area contributed by atoms with E-state index in [1.165, 1.54) is 18.5 Å². The summed E-state index contributed by atoms with van der Waals surface area (Å²) in [5.74, 6) is 0. The SMILES string of the molecule is CCCCC1(N(C)c2ccc(N)cc2)CCN(C(=O)OC(C)(C)C)CC1. The van der Waals surface area contributed by atoms with Gasteiger partial charge in [0.25, 0.3) is 0 Å². The number of nitrogen functional groups attached to an aromatic ring is 1. The predicted octanol–water partition coefficient (Wildman–Crippen LogP) is 4.66. The molecule has 0 aliphatic carbocycles. The van der Waals surface area contributed by atoms with Crippen molar-refractivity contribution in [1.29, 1.82) is 0 Å². The molecule has 5 nitrogen and oxygen atoms in total. The van der Waals surface area contributed by atoms with Gasteiger partial charge in [0.05, 0.1) is 0 Å². The lowest BCUT2D eigenvalue weighted by Crippen LogP contribution is -2.55. The minimum Gasteiger partial charge on any atom is -0.444 e. The standard InChI is InChI=1S/C21H35N3O2/c1-6-7-12-21(23(5)18-10-8-17(22)9-11-18)13-15-24(16-14-21)19(25)26-20(2,3)4/h8-11H,6-7,12-16,22H2,1-5H3. The normalized spacial score (nSPS) is 17.0. The molecule has 2 N–H and O–H groups in total. The van der Waals surface area contributed by atoms with Gasteiger partial charge in [0.2, 0.25) is 0 Å². The summed E-state index contributed by atoms with van der Waals surface area (Å²) in [6.07, 6.45) is 5.20. The number of carbonyl (C=O) groups excluding carboxylic acids is 1. The van der Waals surface area contributed by atoms with Crippen LogP contribution in [0.3, 0.4) is 0 Å². The Morgan fingerprint density at radius 2 is 1.81 bits per heavy atom. The molecule has 26 heavy (non-hydrogen) atoms. The smallest absolute Gasteiger partial charge is 0.410 e. The highest BCUT2D eigenvalue weighted by Crippen LogP contribution is 2.36. The highest BCUT2D eigenvalue weighted by molar-refractivity contribution is 5.68. The number of likely N-dealkylation sites (tertiary alicyclic amines) is 1. The molecule has 146 valence electrons. The Bertz CT molecular complexity index is 584. The van der Waals surface area contributed by atoms with Gasteiger partial charge in [-0.25, -0.2) is 4.79 Å². The van der Waals surface area contributed by atoms with E-state index in [2.05, 4.69) is 31.0 Å². The quantitative estimate of drug-likeness (QED) is 0.775. The van der Waals surface area contributed by atoms with Crippen molar-refractivity contribution in [2.24, 2.45) is 0 Å². The molecule has 1 amide bonds. The van der Waals surface area contributed by atoms with Crippen molar-refractivity contribution in [2.75, 3.05) is 30.8 Å². The third-order valence-corrected chi connectivity index (χ3v) is 5.33. The number of anilines is 2. The third-order valence-electron chi connectivity index (χ3n) is 5.33. The molecule has 0 atom stereocenters. The van der Waals surface area contributed by atoms with E-state index in [4.69, 9.17) is 10.5 Å². The molecule has 2 rings (SSSR count). The number of unbranched alkanes of at least 4 members (excludes halogenated alkanes) is 1. The van der Waals surface area contributed by atoms with Gasteiger partial charge in [0, 0.05) is 37.1 Å². The molecule has 0 bridgehead atoms. The molecule has 0 aromatic heterocycles. The Labute approximate surface area is 158 Å². The molecule has 0 spiro atoms. The van der Waals surface area contributed by atoms with E-state index in [0.717, 1.165) is 38.0 Å². The first-order valence-electron chi connectivity index (χ1n) is 9.74. The molecule has 0 radical (unpaired) electrons. The molecule has 1 aromatic carbocycles. The van der Waals surface area contributed by atoms with E-state index < -0.39 is 5.60 Å². The summed E-state index contributed by atoms with van der Waals surface area (Å²) in [6.45, 7) is 9.43. The average Bonchev–Trinajstić information content (AvgIpc) is 2.59. The van der Waals surface area contributed by atoms with Crippen LogP contribution < -0.4 is 10.6 Å². The summed E-state index contributed by atoms with van der Waals surface area (Å²) >= 11 is 0. The zero-order chi connectivity index (χ0) is 19.4. The van der Waals surface area contributed by atoms with Gasteiger partial charge in [-0.2, -0.15) is 0 Å². The molecular weight excluding hydrogens is 326 g/mol. The maximum Gasteiger partial charge on any atom is 0.410 e. The van der Waals surface area contributed by atoms with Crippen LogP contribution in [0.2, 0.25) is 0 Å². The second-order valence-electron chi connectivity index (χ2n) is 8.45. The fraction of sp³-hybridized carbons (Fsp3) is 0.667. The zero-order valence-corrected chi connectivity index (χ0v) is 17.0. The van der Waals surface area contributed by atoms with Crippen molar-refractivity contribution < 1.29 is 9.53 Å². The van der Waals surface area contributed by atoms with Crippen molar-refractivity contribution >= 4 is 17.5 Å². The Morgan fingerprint density at radius 1 is 1.23 bits per heavy atom. The zero-order valence-electron chi connectivity index (χ0n) is 17.0. The Kier molecular flexibility index (Phi) is 6.43. The number of piperidine rings is 1. The first kappa shape index (κ1) is 20.4. The van der Waals surface area contributed by atoms with Gasteiger partial charge in [-0.3, -0.25) is 0 Å². The fourth-order valence-electron chi connectivity index (χ4n) is 3.66. The maximum atomic E-state index is 12.4. The van der Waals surface area contributed by atoms with E-state index in [1.807, 2.05) is 37.8 Å². The summed E-state index contributed by atoms with van der Waals surface area (Å²) < 4.78 is 5.54. The summed E-state index contributed by atoms with van der Waals surface area (Å²) in [5, 5.41) is 0. The predicted molar refractivity (Wildman–Crippen MR) is 109 cm³/mol. The van der Waals surface area contributed by atoms with Crippen LogP contribution in [0.5, 0.6) is 0 Å². The number of benzene rings is 1. The monoisotopic (exact) mass is 361 g/mol. The molecule has 0 unspecified atom stereocenters. The van der Waals surface area contributed by atoms with Gasteiger partial charge in [-0.15, -0.1) is 0 Å². The molecule has 1 aromatic rings. The minimum absolute atomic E-state index is 0.0740. The molecule has 1 aliphatic rings. The summed E-state index contributed by atoms with van der Waals surface area (Å²) in [6, 6.07) is 8.08. The van der Waals surface area contributed by atoms with Crippen LogP contribution in [0.4, 0.5) is 16.2 Å². The number of hydrogen-bond acceptors (Lipinski definition) is 4. The lowest BCUT2D eigenvalue weighted by molar-refractivity contribution is 0.0160.